The van der Waals surface area contributed by atoms with Crippen molar-refractivity contribution in [3.05, 3.63) is 33.1 Å². The molecule has 10 heteroatoms. The van der Waals surface area contributed by atoms with Gasteiger partial charge in [-0.15, -0.1) is 11.3 Å². The third-order valence-corrected chi connectivity index (χ3v) is 5.13. The van der Waals surface area contributed by atoms with Crippen molar-refractivity contribution in [1.29, 1.82) is 0 Å². The third kappa shape index (κ3) is 4.65. The van der Waals surface area contributed by atoms with Gasteiger partial charge in [-0.3, -0.25) is 10.1 Å². The van der Waals surface area contributed by atoms with Gasteiger partial charge < -0.3 is 14.6 Å². The number of pyridine rings is 1. The fourth-order valence-electron chi connectivity index (χ4n) is 2.95. The molecule has 0 aromatic carbocycles. The summed E-state index contributed by atoms with van der Waals surface area (Å²) in [5, 5.41) is 8.93. The predicted octanol–water partition coefficient (Wildman–Crippen LogP) is 3.27. The summed E-state index contributed by atoms with van der Waals surface area (Å²) in [7, 11) is 0. The minimum Gasteiger partial charge on any atom is -0.452 e. The Morgan fingerprint density at radius 2 is 1.93 bits per heavy atom. The Morgan fingerprint density at radius 3 is 2.57 bits per heavy atom. The number of ether oxygens (including phenoxy) is 1. The van der Waals surface area contributed by atoms with Gasteiger partial charge in [-0.2, -0.15) is 0 Å². The highest BCUT2D eigenvalue weighted by Crippen LogP contribution is 2.33. The van der Waals surface area contributed by atoms with E-state index in [2.05, 4.69) is 20.8 Å². The number of thiophene rings is 1. The number of hydrogen-bond donors (Lipinski definition) is 2. The molecule has 0 aliphatic rings. The van der Waals surface area contributed by atoms with Gasteiger partial charge in [-0.1, -0.05) is 5.16 Å². The molecule has 0 unspecified atom stereocenters. The van der Waals surface area contributed by atoms with Gasteiger partial charge in [0.15, 0.2) is 6.61 Å². The van der Waals surface area contributed by atoms with Crippen molar-refractivity contribution in [2.75, 3.05) is 6.61 Å². The van der Waals surface area contributed by atoms with Crippen LogP contribution >= 0.6 is 11.3 Å². The van der Waals surface area contributed by atoms with Gasteiger partial charge in [0.2, 0.25) is 0 Å². The van der Waals surface area contributed by atoms with Gasteiger partial charge in [-0.05, 0) is 46.8 Å². The van der Waals surface area contributed by atoms with Crippen molar-refractivity contribution in [2.45, 2.75) is 40.7 Å². The average Bonchev–Trinajstić information content (AvgIpc) is 3.19. The molecule has 0 saturated heterocycles. The summed E-state index contributed by atoms with van der Waals surface area (Å²) < 4.78 is 10.4. The zero-order chi connectivity index (χ0) is 22.0. The molecule has 0 spiro atoms. The SMILES string of the molecule is Cc1cc(-c2cc(C(=O)OCC(=O)NC(=O)NC(C)C)c3c(C)noc3n2)c(C)s1. The number of carbonyl (C=O) groups excluding carboxylic acids is 3. The topological polar surface area (TPSA) is 123 Å². The summed E-state index contributed by atoms with van der Waals surface area (Å²) in [5.41, 5.74) is 2.31. The zero-order valence-electron chi connectivity index (χ0n) is 17.3. The number of urea groups is 1. The molecule has 0 saturated carbocycles. The molecule has 3 aromatic rings. The Morgan fingerprint density at radius 1 is 1.20 bits per heavy atom. The van der Waals surface area contributed by atoms with Crippen LogP contribution < -0.4 is 10.6 Å². The Bertz CT molecular complexity index is 1130. The number of fused-ring (bicyclic) bond motifs is 1. The second kappa shape index (κ2) is 8.62. The minimum absolute atomic E-state index is 0.135. The number of hydrogen-bond acceptors (Lipinski definition) is 8. The number of nitrogens with zero attached hydrogens (tertiary/aromatic N) is 2. The average molecular weight is 430 g/mol. The highest BCUT2D eigenvalue weighted by molar-refractivity contribution is 7.12. The van der Waals surface area contributed by atoms with E-state index in [1.807, 2.05) is 19.9 Å². The molecule has 0 aliphatic heterocycles. The van der Waals surface area contributed by atoms with Crippen LogP contribution in [0.2, 0.25) is 0 Å². The molecule has 3 amide bonds. The van der Waals surface area contributed by atoms with E-state index < -0.39 is 24.5 Å². The van der Waals surface area contributed by atoms with Crippen LogP contribution in [-0.4, -0.2) is 40.7 Å². The summed E-state index contributed by atoms with van der Waals surface area (Å²) in [6.07, 6.45) is 0. The van der Waals surface area contributed by atoms with Gasteiger partial charge in [0.05, 0.1) is 22.3 Å². The van der Waals surface area contributed by atoms with Gasteiger partial charge in [0.1, 0.15) is 0 Å². The van der Waals surface area contributed by atoms with Crippen molar-refractivity contribution in [1.82, 2.24) is 20.8 Å². The van der Waals surface area contributed by atoms with Gasteiger partial charge in [-0.25, -0.2) is 14.6 Å². The first-order valence-corrected chi connectivity index (χ1v) is 10.1. The number of aryl methyl sites for hydroxylation is 3. The fraction of sp³-hybridized carbons (Fsp3) is 0.350. The lowest BCUT2D eigenvalue weighted by atomic mass is 10.1. The van der Waals surface area contributed by atoms with Crippen LogP contribution in [0.25, 0.3) is 22.4 Å². The van der Waals surface area contributed by atoms with Crippen molar-refractivity contribution in [2.24, 2.45) is 0 Å². The molecule has 0 radical (unpaired) electrons. The monoisotopic (exact) mass is 430 g/mol. The molecule has 2 N–H and O–H groups in total. The number of nitrogens with one attached hydrogen (secondary N) is 2. The summed E-state index contributed by atoms with van der Waals surface area (Å²) in [4.78, 5) is 42.9. The highest BCUT2D eigenvalue weighted by Gasteiger charge is 2.22. The molecule has 30 heavy (non-hydrogen) atoms. The first-order chi connectivity index (χ1) is 14.2. The predicted molar refractivity (Wildman–Crippen MR) is 111 cm³/mol. The van der Waals surface area contributed by atoms with Gasteiger partial charge >= 0.3 is 12.0 Å². The van der Waals surface area contributed by atoms with E-state index in [4.69, 9.17) is 9.26 Å². The first kappa shape index (κ1) is 21.4. The van der Waals surface area contributed by atoms with Gasteiger partial charge in [0.25, 0.3) is 11.6 Å². The molecule has 158 valence electrons. The number of esters is 1. The fourth-order valence-corrected chi connectivity index (χ4v) is 3.88. The van der Waals surface area contributed by atoms with Crippen LogP contribution in [0.4, 0.5) is 4.79 Å². The molecular formula is C20H22N4O5S. The van der Waals surface area contributed by atoms with Crippen molar-refractivity contribution < 1.29 is 23.6 Å². The van der Waals surface area contributed by atoms with Crippen LogP contribution in [0.5, 0.6) is 0 Å². The van der Waals surface area contributed by atoms with Crippen LogP contribution in [0.1, 0.15) is 39.7 Å². The quantitative estimate of drug-likeness (QED) is 0.595. The van der Waals surface area contributed by atoms with E-state index in [0.29, 0.717) is 16.8 Å². The molecule has 3 rings (SSSR count). The molecule has 0 aliphatic carbocycles. The minimum atomic E-state index is -0.738. The third-order valence-electron chi connectivity index (χ3n) is 4.16. The number of amides is 3. The Balaban J connectivity index is 1.84. The standard InChI is InChI=1S/C20H22N4O5S/c1-9(2)21-20(27)23-16(25)8-28-19(26)14-7-15(13-6-10(3)30-12(13)5)22-18-17(14)11(4)24-29-18/h6-7,9H,8H2,1-5H3,(H2,21,23,25,27). The second-order valence-electron chi connectivity index (χ2n) is 7.08. The summed E-state index contributed by atoms with van der Waals surface area (Å²) in [5.74, 6) is -1.47. The van der Waals surface area contributed by atoms with Crippen LogP contribution in [0.3, 0.4) is 0 Å². The van der Waals surface area contributed by atoms with E-state index in [1.165, 1.54) is 0 Å². The lowest BCUT2D eigenvalue weighted by Gasteiger charge is -2.10. The maximum absolute atomic E-state index is 12.8. The molecule has 3 aromatic heterocycles. The molecule has 3 heterocycles. The normalized spacial score (nSPS) is 11.0. The number of aromatic nitrogens is 2. The van der Waals surface area contributed by atoms with Crippen molar-refractivity contribution in [3.63, 3.8) is 0 Å². The molecule has 0 atom stereocenters. The molecule has 0 fully saturated rings. The summed E-state index contributed by atoms with van der Waals surface area (Å²) in [6, 6.07) is 2.79. The van der Waals surface area contributed by atoms with Gasteiger partial charge in [0, 0.05) is 21.4 Å². The highest BCUT2D eigenvalue weighted by atomic mass is 32.1. The van der Waals surface area contributed by atoms with E-state index in [1.54, 1.807) is 38.2 Å². The maximum Gasteiger partial charge on any atom is 0.339 e. The molecule has 0 bridgehead atoms. The lowest BCUT2D eigenvalue weighted by molar-refractivity contribution is -0.123. The summed E-state index contributed by atoms with van der Waals surface area (Å²) in [6.45, 7) is 8.55. The Kier molecular flexibility index (Phi) is 6.16. The van der Waals surface area contributed by atoms with Crippen molar-refractivity contribution in [3.8, 4) is 11.3 Å². The van der Waals surface area contributed by atoms with Crippen LogP contribution in [0, 0.1) is 20.8 Å². The number of carbonyl (C=O) groups is 3. The summed E-state index contributed by atoms with van der Waals surface area (Å²) >= 11 is 1.62. The second-order valence-corrected chi connectivity index (χ2v) is 8.54. The first-order valence-electron chi connectivity index (χ1n) is 9.27. The van der Waals surface area contributed by atoms with Crippen LogP contribution in [0.15, 0.2) is 16.7 Å². The number of imide groups is 1. The molecular weight excluding hydrogens is 408 g/mol. The largest absolute Gasteiger partial charge is 0.452 e. The smallest absolute Gasteiger partial charge is 0.339 e. The van der Waals surface area contributed by atoms with Crippen LogP contribution in [-0.2, 0) is 9.53 Å². The Hall–Kier alpha value is -3.27. The molecule has 9 nitrogen and oxygen atoms in total. The van der Waals surface area contributed by atoms with Crippen molar-refractivity contribution >= 4 is 40.3 Å². The van der Waals surface area contributed by atoms with E-state index >= 15 is 0 Å². The Labute approximate surface area is 176 Å². The number of rotatable bonds is 5. The zero-order valence-corrected chi connectivity index (χ0v) is 18.1. The van der Waals surface area contributed by atoms with E-state index in [-0.39, 0.29) is 17.3 Å². The lowest BCUT2D eigenvalue weighted by Crippen LogP contribution is -2.44. The maximum atomic E-state index is 12.8. The van der Waals surface area contributed by atoms with E-state index in [0.717, 1.165) is 15.3 Å². The van der Waals surface area contributed by atoms with E-state index in [9.17, 15) is 14.4 Å².